The Morgan fingerprint density at radius 2 is 1.71 bits per heavy atom. The zero-order valence-electron chi connectivity index (χ0n) is 8.45. The van der Waals surface area contributed by atoms with Crippen LogP contribution in [0.3, 0.4) is 0 Å². The van der Waals surface area contributed by atoms with E-state index < -0.39 is 0 Å². The molecular formula is C11H18O3. The van der Waals surface area contributed by atoms with E-state index in [0.29, 0.717) is 5.92 Å². The average molecular weight is 198 g/mol. The van der Waals surface area contributed by atoms with E-state index in [1.165, 1.54) is 0 Å². The summed E-state index contributed by atoms with van der Waals surface area (Å²) in [6.07, 6.45) is 5.07. The second-order valence-corrected chi connectivity index (χ2v) is 5.00. The Labute approximate surface area is 84.4 Å². The fourth-order valence-corrected chi connectivity index (χ4v) is 3.44. The van der Waals surface area contributed by atoms with Crippen molar-refractivity contribution in [2.24, 2.45) is 11.8 Å². The van der Waals surface area contributed by atoms with Gasteiger partial charge in [-0.15, -0.1) is 0 Å². The summed E-state index contributed by atoms with van der Waals surface area (Å²) in [4.78, 5) is 0. The van der Waals surface area contributed by atoms with Crippen molar-refractivity contribution in [3.63, 3.8) is 0 Å². The van der Waals surface area contributed by atoms with Crippen LogP contribution in [0.25, 0.3) is 0 Å². The van der Waals surface area contributed by atoms with Crippen molar-refractivity contribution < 1.29 is 14.6 Å². The van der Waals surface area contributed by atoms with Crippen molar-refractivity contribution in [2.45, 2.75) is 44.0 Å². The molecule has 1 saturated heterocycles. The zero-order valence-corrected chi connectivity index (χ0v) is 8.45. The summed E-state index contributed by atoms with van der Waals surface area (Å²) < 4.78 is 11.4. The van der Waals surface area contributed by atoms with E-state index in [2.05, 4.69) is 0 Å². The Hall–Kier alpha value is -0.120. The molecule has 3 nitrogen and oxygen atoms in total. The van der Waals surface area contributed by atoms with Gasteiger partial charge in [0, 0.05) is 12.8 Å². The van der Waals surface area contributed by atoms with Gasteiger partial charge in [0.1, 0.15) is 0 Å². The first-order valence-electron chi connectivity index (χ1n) is 5.73. The minimum Gasteiger partial charge on any atom is -0.393 e. The third kappa shape index (κ3) is 1.38. The largest absolute Gasteiger partial charge is 0.393 e. The van der Waals surface area contributed by atoms with Gasteiger partial charge in [0.15, 0.2) is 5.79 Å². The van der Waals surface area contributed by atoms with Crippen LogP contribution in [0.5, 0.6) is 0 Å². The van der Waals surface area contributed by atoms with Gasteiger partial charge in [0.05, 0.1) is 19.3 Å². The highest BCUT2D eigenvalue weighted by Gasteiger charge is 2.50. The molecule has 0 bridgehead atoms. The molecule has 0 aromatic heterocycles. The molecule has 3 rings (SSSR count). The number of aliphatic hydroxyl groups is 1. The summed E-state index contributed by atoms with van der Waals surface area (Å²) in [6.45, 7) is 1.50. The van der Waals surface area contributed by atoms with Crippen molar-refractivity contribution >= 4 is 0 Å². The van der Waals surface area contributed by atoms with Gasteiger partial charge >= 0.3 is 0 Å². The molecule has 3 aliphatic rings. The van der Waals surface area contributed by atoms with Crippen LogP contribution >= 0.6 is 0 Å². The molecule has 2 saturated carbocycles. The monoisotopic (exact) mass is 198 g/mol. The van der Waals surface area contributed by atoms with Crippen molar-refractivity contribution in [2.75, 3.05) is 13.2 Å². The summed E-state index contributed by atoms with van der Waals surface area (Å²) >= 11 is 0. The van der Waals surface area contributed by atoms with Crippen LogP contribution in [0.1, 0.15) is 32.1 Å². The van der Waals surface area contributed by atoms with Gasteiger partial charge in [-0.3, -0.25) is 0 Å². The number of rotatable bonds is 0. The van der Waals surface area contributed by atoms with Gasteiger partial charge < -0.3 is 14.6 Å². The normalized spacial score (nSPS) is 45.6. The van der Waals surface area contributed by atoms with Crippen LogP contribution in [0.4, 0.5) is 0 Å². The molecule has 0 aromatic carbocycles. The summed E-state index contributed by atoms with van der Waals surface area (Å²) in [5.41, 5.74) is 0. The van der Waals surface area contributed by atoms with E-state index >= 15 is 0 Å². The molecule has 3 heteroatoms. The van der Waals surface area contributed by atoms with E-state index in [4.69, 9.17) is 9.47 Å². The van der Waals surface area contributed by atoms with Gasteiger partial charge in [-0.2, -0.15) is 0 Å². The first-order chi connectivity index (χ1) is 6.77. The van der Waals surface area contributed by atoms with Crippen LogP contribution in [0, 0.1) is 11.8 Å². The Balaban J connectivity index is 1.72. The Kier molecular flexibility index (Phi) is 2.08. The fourth-order valence-electron chi connectivity index (χ4n) is 3.44. The maximum Gasteiger partial charge on any atom is 0.169 e. The minimum atomic E-state index is -0.251. The average Bonchev–Trinajstić information content (AvgIpc) is 2.72. The second-order valence-electron chi connectivity index (χ2n) is 5.00. The topological polar surface area (TPSA) is 38.7 Å². The quantitative estimate of drug-likeness (QED) is 0.637. The summed E-state index contributed by atoms with van der Waals surface area (Å²) in [7, 11) is 0. The number of ether oxygens (including phenoxy) is 2. The molecular weight excluding hydrogens is 180 g/mol. The van der Waals surface area contributed by atoms with Crippen LogP contribution < -0.4 is 0 Å². The zero-order chi connectivity index (χ0) is 9.60. The van der Waals surface area contributed by atoms with Crippen LogP contribution in [-0.4, -0.2) is 30.2 Å². The first kappa shape index (κ1) is 9.13. The van der Waals surface area contributed by atoms with Crippen molar-refractivity contribution in [1.29, 1.82) is 0 Å². The predicted octanol–water partition coefficient (Wildman–Crippen LogP) is 1.30. The van der Waals surface area contributed by atoms with Gasteiger partial charge in [-0.25, -0.2) is 0 Å². The molecule has 0 aromatic rings. The lowest BCUT2D eigenvalue weighted by molar-refractivity contribution is -0.154. The number of aliphatic hydroxyl groups excluding tert-OH is 1. The first-order valence-corrected chi connectivity index (χ1v) is 5.73. The van der Waals surface area contributed by atoms with E-state index in [-0.39, 0.29) is 11.9 Å². The van der Waals surface area contributed by atoms with E-state index in [9.17, 15) is 5.11 Å². The van der Waals surface area contributed by atoms with E-state index in [1.807, 2.05) is 0 Å². The highest BCUT2D eigenvalue weighted by atomic mass is 16.7. The molecule has 0 radical (unpaired) electrons. The standard InChI is InChI=1S/C11H18O3/c12-10-2-1-8-6-11(7-9(8)5-10)13-3-4-14-11/h8-10,12H,1-7H2/t8-,9+,10+/m0/s1. The molecule has 80 valence electrons. The number of fused-ring (bicyclic) bond motifs is 1. The Bertz CT molecular complexity index is 223. The highest BCUT2D eigenvalue weighted by molar-refractivity contribution is 4.95. The van der Waals surface area contributed by atoms with Gasteiger partial charge in [0.25, 0.3) is 0 Å². The fraction of sp³-hybridized carbons (Fsp3) is 1.00. The maximum absolute atomic E-state index is 9.61. The predicted molar refractivity (Wildman–Crippen MR) is 50.7 cm³/mol. The molecule has 1 spiro atoms. The lowest BCUT2D eigenvalue weighted by atomic mass is 9.80. The molecule has 1 aliphatic heterocycles. The van der Waals surface area contributed by atoms with Crippen molar-refractivity contribution in [1.82, 2.24) is 0 Å². The molecule has 3 atom stereocenters. The molecule has 1 N–H and O–H groups in total. The molecule has 3 fully saturated rings. The van der Waals surface area contributed by atoms with Gasteiger partial charge in [-0.05, 0) is 31.1 Å². The summed E-state index contributed by atoms with van der Waals surface area (Å²) in [5.74, 6) is 1.12. The highest BCUT2D eigenvalue weighted by Crippen LogP contribution is 2.50. The van der Waals surface area contributed by atoms with Crippen LogP contribution in [-0.2, 0) is 9.47 Å². The van der Waals surface area contributed by atoms with Gasteiger partial charge in [0.2, 0.25) is 0 Å². The third-order valence-electron chi connectivity index (χ3n) is 4.07. The summed E-state index contributed by atoms with van der Waals surface area (Å²) in [5, 5.41) is 9.61. The number of hydrogen-bond acceptors (Lipinski definition) is 3. The van der Waals surface area contributed by atoms with E-state index in [1.54, 1.807) is 0 Å². The van der Waals surface area contributed by atoms with Crippen molar-refractivity contribution in [3.8, 4) is 0 Å². The van der Waals surface area contributed by atoms with Crippen LogP contribution in [0.15, 0.2) is 0 Å². The molecule has 0 unspecified atom stereocenters. The third-order valence-corrected chi connectivity index (χ3v) is 4.07. The Morgan fingerprint density at radius 1 is 1.00 bits per heavy atom. The molecule has 14 heavy (non-hydrogen) atoms. The SMILES string of the molecule is O[C@@H]1CC[C@H]2CC3(C[C@H]2C1)OCCO3. The molecule has 1 heterocycles. The minimum absolute atomic E-state index is 0.0761. The van der Waals surface area contributed by atoms with Gasteiger partial charge in [-0.1, -0.05) is 0 Å². The smallest absolute Gasteiger partial charge is 0.169 e. The van der Waals surface area contributed by atoms with Crippen LogP contribution in [0.2, 0.25) is 0 Å². The lowest BCUT2D eigenvalue weighted by Gasteiger charge is -2.27. The summed E-state index contributed by atoms with van der Waals surface area (Å²) in [6, 6.07) is 0. The molecule has 2 aliphatic carbocycles. The van der Waals surface area contributed by atoms with Crippen molar-refractivity contribution in [3.05, 3.63) is 0 Å². The molecule has 0 amide bonds. The lowest BCUT2D eigenvalue weighted by Crippen LogP contribution is -2.26. The second kappa shape index (κ2) is 3.19. The van der Waals surface area contributed by atoms with E-state index in [0.717, 1.165) is 51.2 Å². The number of hydrogen-bond donors (Lipinski definition) is 1. The Morgan fingerprint density at radius 3 is 2.50 bits per heavy atom. The maximum atomic E-state index is 9.61.